The van der Waals surface area contributed by atoms with Crippen molar-refractivity contribution in [2.45, 2.75) is 18.9 Å². The van der Waals surface area contributed by atoms with E-state index in [0.717, 1.165) is 11.0 Å². The molecule has 0 radical (unpaired) electrons. The van der Waals surface area contributed by atoms with Gasteiger partial charge < -0.3 is 14.5 Å². The first-order valence-corrected chi connectivity index (χ1v) is 8.53. The number of imidazole rings is 2. The standard InChI is InChI=1S/C18H20N6O2/c1-23-10-9-19-16(23)15-11(7-8-14(25)24(15)2)17(26)22-18-20-12-5-3-4-6-13(12)21-18/h3-6,9-11,15H,7-8H2,1-2H3,(H2,20,21,22,26)/t11-,15-/m0/s1. The van der Waals surface area contributed by atoms with Gasteiger partial charge in [0.15, 0.2) is 0 Å². The molecule has 1 fully saturated rings. The number of piperidine rings is 1. The second-order valence-corrected chi connectivity index (χ2v) is 6.58. The Balaban J connectivity index is 1.62. The normalized spacial score (nSPS) is 20.5. The number of likely N-dealkylation sites (tertiary alicyclic amines) is 1. The van der Waals surface area contributed by atoms with Crippen molar-refractivity contribution in [1.82, 2.24) is 24.4 Å². The van der Waals surface area contributed by atoms with Crippen molar-refractivity contribution in [2.24, 2.45) is 13.0 Å². The summed E-state index contributed by atoms with van der Waals surface area (Å²) in [7, 11) is 3.59. The monoisotopic (exact) mass is 352 g/mol. The number of carbonyl (C=O) groups is 2. The molecule has 2 amide bonds. The highest BCUT2D eigenvalue weighted by atomic mass is 16.2. The first kappa shape index (κ1) is 16.3. The van der Waals surface area contributed by atoms with E-state index in [1.54, 1.807) is 18.1 Å². The number of hydrogen-bond acceptors (Lipinski definition) is 4. The summed E-state index contributed by atoms with van der Waals surface area (Å²) >= 11 is 0. The van der Waals surface area contributed by atoms with E-state index >= 15 is 0 Å². The van der Waals surface area contributed by atoms with Crippen LogP contribution < -0.4 is 5.32 Å². The van der Waals surface area contributed by atoms with Crippen molar-refractivity contribution in [3.63, 3.8) is 0 Å². The Morgan fingerprint density at radius 3 is 2.85 bits per heavy atom. The van der Waals surface area contributed by atoms with Gasteiger partial charge in [-0.2, -0.15) is 0 Å². The van der Waals surface area contributed by atoms with E-state index in [0.29, 0.717) is 24.6 Å². The molecule has 1 saturated heterocycles. The van der Waals surface area contributed by atoms with E-state index < -0.39 is 12.0 Å². The number of nitrogens with zero attached hydrogens (tertiary/aromatic N) is 4. The van der Waals surface area contributed by atoms with E-state index in [-0.39, 0.29) is 11.8 Å². The highest BCUT2D eigenvalue weighted by Gasteiger charge is 2.41. The Labute approximate surface area is 150 Å². The van der Waals surface area contributed by atoms with Crippen LogP contribution in [0, 0.1) is 5.92 Å². The molecule has 1 aliphatic rings. The average Bonchev–Trinajstić information content (AvgIpc) is 3.22. The number of fused-ring (bicyclic) bond motifs is 1. The second-order valence-electron chi connectivity index (χ2n) is 6.58. The van der Waals surface area contributed by atoms with Crippen molar-refractivity contribution in [3.05, 3.63) is 42.5 Å². The summed E-state index contributed by atoms with van der Waals surface area (Å²) in [6.45, 7) is 0. The van der Waals surface area contributed by atoms with Gasteiger partial charge in [0.05, 0.1) is 17.0 Å². The van der Waals surface area contributed by atoms with E-state index in [1.165, 1.54) is 0 Å². The minimum absolute atomic E-state index is 0.0192. The largest absolute Gasteiger partial charge is 0.336 e. The molecule has 26 heavy (non-hydrogen) atoms. The maximum Gasteiger partial charge on any atom is 0.232 e. The number of benzene rings is 1. The van der Waals surface area contributed by atoms with Gasteiger partial charge in [-0.1, -0.05) is 12.1 Å². The molecule has 0 spiro atoms. The van der Waals surface area contributed by atoms with Crippen molar-refractivity contribution >= 4 is 28.8 Å². The molecule has 3 heterocycles. The zero-order chi connectivity index (χ0) is 18.3. The molecular weight excluding hydrogens is 332 g/mol. The zero-order valence-corrected chi connectivity index (χ0v) is 14.6. The molecule has 2 atom stereocenters. The third-order valence-electron chi connectivity index (χ3n) is 4.95. The molecule has 1 aliphatic heterocycles. The topological polar surface area (TPSA) is 95.9 Å². The highest BCUT2D eigenvalue weighted by molar-refractivity contribution is 5.94. The van der Waals surface area contributed by atoms with Crippen LogP contribution in [0.2, 0.25) is 0 Å². The lowest BCUT2D eigenvalue weighted by Crippen LogP contribution is -2.45. The van der Waals surface area contributed by atoms with E-state index in [9.17, 15) is 9.59 Å². The van der Waals surface area contributed by atoms with Gasteiger partial charge in [-0.25, -0.2) is 9.97 Å². The van der Waals surface area contributed by atoms with Crippen LogP contribution in [-0.4, -0.2) is 43.3 Å². The first-order valence-electron chi connectivity index (χ1n) is 8.53. The van der Waals surface area contributed by atoms with Crippen LogP contribution >= 0.6 is 0 Å². The van der Waals surface area contributed by atoms with Crippen LogP contribution in [0.3, 0.4) is 0 Å². The van der Waals surface area contributed by atoms with Crippen molar-refractivity contribution in [2.75, 3.05) is 12.4 Å². The maximum absolute atomic E-state index is 13.0. The fourth-order valence-electron chi connectivity index (χ4n) is 3.55. The summed E-state index contributed by atoms with van der Waals surface area (Å²) in [6, 6.07) is 7.19. The van der Waals surface area contributed by atoms with Gasteiger partial charge in [-0.3, -0.25) is 14.9 Å². The van der Waals surface area contributed by atoms with Crippen LogP contribution in [-0.2, 0) is 16.6 Å². The Bertz CT molecular complexity index is 942. The van der Waals surface area contributed by atoms with E-state index in [4.69, 9.17) is 0 Å². The molecule has 134 valence electrons. The first-order chi connectivity index (χ1) is 12.5. The molecule has 4 rings (SSSR count). The lowest BCUT2D eigenvalue weighted by atomic mass is 9.87. The second kappa shape index (κ2) is 6.29. The van der Waals surface area contributed by atoms with E-state index in [1.807, 2.05) is 42.1 Å². The van der Waals surface area contributed by atoms with Gasteiger partial charge in [0, 0.05) is 32.9 Å². The van der Waals surface area contributed by atoms with Gasteiger partial charge in [0.1, 0.15) is 11.9 Å². The van der Waals surface area contributed by atoms with Gasteiger partial charge in [-0.15, -0.1) is 0 Å². The molecule has 0 unspecified atom stereocenters. The number of amides is 2. The molecule has 1 aromatic carbocycles. The van der Waals surface area contributed by atoms with Crippen LogP contribution in [0.4, 0.5) is 5.95 Å². The fraction of sp³-hybridized carbons (Fsp3) is 0.333. The predicted octanol–water partition coefficient (Wildman–Crippen LogP) is 1.84. The number of rotatable bonds is 3. The number of H-pyrrole nitrogens is 1. The minimum Gasteiger partial charge on any atom is -0.336 e. The average molecular weight is 352 g/mol. The number of aromatic nitrogens is 4. The van der Waals surface area contributed by atoms with Crippen molar-refractivity contribution < 1.29 is 9.59 Å². The van der Waals surface area contributed by atoms with Crippen LogP contribution in [0.15, 0.2) is 36.7 Å². The zero-order valence-electron chi connectivity index (χ0n) is 14.6. The van der Waals surface area contributed by atoms with Crippen LogP contribution in [0.5, 0.6) is 0 Å². The summed E-state index contributed by atoms with van der Waals surface area (Å²) < 4.78 is 1.85. The molecule has 8 heteroatoms. The lowest BCUT2D eigenvalue weighted by Gasteiger charge is -2.37. The smallest absolute Gasteiger partial charge is 0.232 e. The maximum atomic E-state index is 13.0. The molecule has 2 aromatic heterocycles. The van der Waals surface area contributed by atoms with E-state index in [2.05, 4.69) is 20.3 Å². The number of nitrogens with one attached hydrogen (secondary N) is 2. The van der Waals surface area contributed by atoms with Crippen molar-refractivity contribution in [3.8, 4) is 0 Å². The van der Waals surface area contributed by atoms with Gasteiger partial charge in [0.25, 0.3) is 0 Å². The molecule has 8 nitrogen and oxygen atoms in total. The van der Waals surface area contributed by atoms with Crippen LogP contribution in [0.1, 0.15) is 24.7 Å². The number of aryl methyl sites for hydroxylation is 1. The Morgan fingerprint density at radius 2 is 2.12 bits per heavy atom. The lowest BCUT2D eigenvalue weighted by molar-refractivity contribution is -0.140. The fourth-order valence-corrected chi connectivity index (χ4v) is 3.55. The number of aromatic amines is 1. The number of anilines is 1. The van der Waals surface area contributed by atoms with Gasteiger partial charge in [0.2, 0.25) is 17.8 Å². The SMILES string of the molecule is CN1C(=O)CC[C@H](C(=O)Nc2nc3ccccc3[nH]2)[C@H]1c1nccn1C. The Morgan fingerprint density at radius 1 is 1.31 bits per heavy atom. The molecule has 0 aliphatic carbocycles. The number of carbonyl (C=O) groups excluding carboxylic acids is 2. The summed E-state index contributed by atoms with van der Waals surface area (Å²) in [5.41, 5.74) is 1.65. The predicted molar refractivity (Wildman–Crippen MR) is 96.2 cm³/mol. The molecule has 0 saturated carbocycles. The third kappa shape index (κ3) is 2.73. The summed E-state index contributed by atoms with van der Waals surface area (Å²) in [6.07, 6.45) is 4.31. The molecule has 0 bridgehead atoms. The quantitative estimate of drug-likeness (QED) is 0.752. The molecular formula is C18H20N6O2. The van der Waals surface area contributed by atoms with Crippen molar-refractivity contribution in [1.29, 1.82) is 0 Å². The summed E-state index contributed by atoms with van der Waals surface area (Å²) in [4.78, 5) is 38.6. The molecule has 2 N–H and O–H groups in total. The minimum atomic E-state index is -0.402. The van der Waals surface area contributed by atoms with Gasteiger partial charge in [-0.05, 0) is 18.6 Å². The summed E-state index contributed by atoms with van der Waals surface area (Å²) in [5, 5.41) is 2.87. The Hall–Kier alpha value is -3.16. The summed E-state index contributed by atoms with van der Waals surface area (Å²) in [5.74, 6) is 0.564. The molecule has 3 aromatic rings. The van der Waals surface area contributed by atoms with Gasteiger partial charge >= 0.3 is 0 Å². The van der Waals surface area contributed by atoms with Crippen LogP contribution in [0.25, 0.3) is 11.0 Å². The Kier molecular flexibility index (Phi) is 3.95. The number of hydrogen-bond donors (Lipinski definition) is 2. The number of para-hydroxylation sites is 2. The highest BCUT2D eigenvalue weighted by Crippen LogP contribution is 2.35. The third-order valence-corrected chi connectivity index (χ3v) is 4.95.